The Bertz CT molecular complexity index is 476. The van der Waals surface area contributed by atoms with Crippen LogP contribution in [0.15, 0.2) is 35.3 Å². The first kappa shape index (κ1) is 6.84. The van der Waals surface area contributed by atoms with Crippen molar-refractivity contribution < 1.29 is 0 Å². The number of aromatic nitrogens is 2. The summed E-state index contributed by atoms with van der Waals surface area (Å²) in [5, 5.41) is 11.1. The van der Waals surface area contributed by atoms with Crippen LogP contribution in [-0.2, 0) is 0 Å². The number of para-hydroxylation sites is 2. The van der Waals surface area contributed by atoms with E-state index in [2.05, 4.69) is 4.98 Å². The molecule has 0 spiro atoms. The molecule has 0 saturated heterocycles. The van der Waals surface area contributed by atoms with Crippen molar-refractivity contribution in [1.82, 2.24) is 9.71 Å². The van der Waals surface area contributed by atoms with Gasteiger partial charge in [0.05, 0.1) is 17.2 Å². The Morgan fingerprint density at radius 2 is 2.08 bits per heavy atom. The fourth-order valence-corrected chi connectivity index (χ4v) is 1.04. The molecule has 2 aromatic rings. The van der Waals surface area contributed by atoms with Crippen LogP contribution in [0.2, 0.25) is 0 Å². The summed E-state index contributed by atoms with van der Waals surface area (Å²) in [5.74, 6) is 0. The van der Waals surface area contributed by atoms with Crippen LogP contribution in [0.1, 0.15) is 0 Å². The van der Waals surface area contributed by atoms with Crippen LogP contribution in [0.3, 0.4) is 0 Å². The maximum absolute atomic E-state index is 11.1. The van der Waals surface area contributed by atoms with Gasteiger partial charge in [-0.3, -0.25) is 4.79 Å². The average molecular weight is 161 g/mol. The molecule has 0 N–H and O–H groups in total. The van der Waals surface area contributed by atoms with Crippen molar-refractivity contribution in [3.05, 3.63) is 46.0 Å². The first-order valence-corrected chi connectivity index (χ1v) is 3.43. The Morgan fingerprint density at radius 1 is 1.33 bits per heavy atom. The summed E-state index contributed by atoms with van der Waals surface area (Å²) in [6.45, 7) is 0. The standard InChI is InChI=1S/C8H5N2O2/c11-8-5-9-6-3-1-2-4-7(6)10(8)12/h1-5H/q-1. The van der Waals surface area contributed by atoms with E-state index in [1.54, 1.807) is 24.3 Å². The molecule has 0 amide bonds. The lowest BCUT2D eigenvalue weighted by Crippen LogP contribution is -2.15. The minimum Gasteiger partial charge on any atom is -0.803 e. The maximum atomic E-state index is 11.1. The lowest BCUT2D eigenvalue weighted by Gasteiger charge is -2.10. The zero-order valence-corrected chi connectivity index (χ0v) is 6.10. The number of benzene rings is 1. The highest BCUT2D eigenvalue weighted by Crippen LogP contribution is 2.05. The third-order valence-corrected chi connectivity index (χ3v) is 1.61. The van der Waals surface area contributed by atoms with Gasteiger partial charge in [0.25, 0.3) is 5.56 Å². The Morgan fingerprint density at radius 3 is 2.92 bits per heavy atom. The van der Waals surface area contributed by atoms with Gasteiger partial charge in [-0.15, -0.1) is 0 Å². The molecule has 0 aliphatic rings. The number of hydrogen-bond acceptors (Lipinski definition) is 3. The summed E-state index contributed by atoms with van der Waals surface area (Å²) in [4.78, 5) is 14.6. The number of nitrogens with zero attached hydrogens (tertiary/aromatic N) is 2. The molecule has 0 fully saturated rings. The van der Waals surface area contributed by atoms with Crippen molar-refractivity contribution in [1.29, 1.82) is 0 Å². The first-order chi connectivity index (χ1) is 5.79. The molecule has 12 heavy (non-hydrogen) atoms. The zero-order chi connectivity index (χ0) is 8.55. The van der Waals surface area contributed by atoms with Crippen molar-refractivity contribution in [3.8, 4) is 0 Å². The molecular weight excluding hydrogens is 156 g/mol. The van der Waals surface area contributed by atoms with E-state index in [4.69, 9.17) is 0 Å². The Hall–Kier alpha value is -1.84. The van der Waals surface area contributed by atoms with Crippen molar-refractivity contribution >= 4 is 11.0 Å². The summed E-state index contributed by atoms with van der Waals surface area (Å²) in [7, 11) is 0. The monoisotopic (exact) mass is 161 g/mol. The molecule has 1 heterocycles. The van der Waals surface area contributed by atoms with Gasteiger partial charge in [0, 0.05) is 0 Å². The molecule has 0 aliphatic heterocycles. The van der Waals surface area contributed by atoms with Crippen molar-refractivity contribution in [2.45, 2.75) is 0 Å². The minimum atomic E-state index is -0.631. The van der Waals surface area contributed by atoms with E-state index in [0.717, 1.165) is 6.20 Å². The molecule has 4 heteroatoms. The summed E-state index contributed by atoms with van der Waals surface area (Å²) in [6, 6.07) is 6.71. The maximum Gasteiger partial charge on any atom is 0.264 e. The molecule has 1 aromatic carbocycles. The molecule has 0 radical (unpaired) electrons. The van der Waals surface area contributed by atoms with E-state index >= 15 is 0 Å². The molecule has 0 atom stereocenters. The van der Waals surface area contributed by atoms with E-state index < -0.39 is 5.56 Å². The molecule has 0 aliphatic carbocycles. The van der Waals surface area contributed by atoms with E-state index in [0.29, 0.717) is 15.8 Å². The fourth-order valence-electron chi connectivity index (χ4n) is 1.04. The third kappa shape index (κ3) is 0.852. The molecule has 0 bridgehead atoms. The summed E-state index contributed by atoms with van der Waals surface area (Å²) in [5.41, 5.74) is 0.214. The van der Waals surface area contributed by atoms with Gasteiger partial charge in [-0.25, -0.2) is 4.98 Å². The van der Waals surface area contributed by atoms with Crippen LogP contribution in [0.25, 0.3) is 11.0 Å². The molecule has 4 nitrogen and oxygen atoms in total. The van der Waals surface area contributed by atoms with Gasteiger partial charge in [-0.05, 0) is 12.1 Å². The van der Waals surface area contributed by atoms with Crippen molar-refractivity contribution in [2.75, 3.05) is 0 Å². The molecular formula is C8H5N2O2-. The normalized spacial score (nSPS) is 10.3. The highest BCUT2D eigenvalue weighted by atomic mass is 16.5. The Balaban J connectivity index is 3.01. The van der Waals surface area contributed by atoms with Gasteiger partial charge in [-0.2, -0.15) is 0 Å². The van der Waals surface area contributed by atoms with Gasteiger partial charge in [0.2, 0.25) is 0 Å². The smallest absolute Gasteiger partial charge is 0.264 e. The van der Waals surface area contributed by atoms with Gasteiger partial charge in [-0.1, -0.05) is 12.1 Å². The number of fused-ring (bicyclic) bond motifs is 1. The lowest BCUT2D eigenvalue weighted by molar-refractivity contribution is 1.03. The quantitative estimate of drug-likeness (QED) is 0.572. The second kappa shape index (κ2) is 2.34. The van der Waals surface area contributed by atoms with Crippen LogP contribution in [0, 0.1) is 5.21 Å². The SMILES string of the molecule is O=c1cnc2ccccc2n1[O-]. The van der Waals surface area contributed by atoms with Crippen LogP contribution in [-0.4, -0.2) is 9.71 Å². The molecule has 0 saturated carbocycles. The highest BCUT2D eigenvalue weighted by Gasteiger charge is 1.94. The summed E-state index contributed by atoms with van der Waals surface area (Å²) >= 11 is 0. The van der Waals surface area contributed by atoms with Crippen LogP contribution in [0.5, 0.6) is 0 Å². The Kier molecular flexibility index (Phi) is 1.33. The van der Waals surface area contributed by atoms with E-state index in [-0.39, 0.29) is 0 Å². The third-order valence-electron chi connectivity index (χ3n) is 1.61. The molecule has 1 aromatic heterocycles. The predicted molar refractivity (Wildman–Crippen MR) is 44.8 cm³/mol. The zero-order valence-electron chi connectivity index (χ0n) is 6.10. The predicted octanol–water partition coefficient (Wildman–Crippen LogP) is 0.742. The second-order valence-corrected chi connectivity index (χ2v) is 2.38. The van der Waals surface area contributed by atoms with E-state index in [9.17, 15) is 10.0 Å². The number of hydrogen-bond donors (Lipinski definition) is 0. The van der Waals surface area contributed by atoms with Crippen LogP contribution in [0.4, 0.5) is 0 Å². The first-order valence-electron chi connectivity index (χ1n) is 3.43. The Labute approximate surface area is 67.7 Å². The van der Waals surface area contributed by atoms with E-state index in [1.807, 2.05) is 0 Å². The van der Waals surface area contributed by atoms with E-state index in [1.165, 1.54) is 0 Å². The molecule has 0 unspecified atom stereocenters. The van der Waals surface area contributed by atoms with Crippen LogP contribution < -0.4 is 5.56 Å². The topological polar surface area (TPSA) is 58.0 Å². The minimum absolute atomic E-state index is 0.310. The highest BCUT2D eigenvalue weighted by molar-refractivity contribution is 5.74. The summed E-state index contributed by atoms with van der Waals surface area (Å²) < 4.78 is 0.336. The van der Waals surface area contributed by atoms with Gasteiger partial charge in [0.1, 0.15) is 0 Å². The lowest BCUT2D eigenvalue weighted by atomic mass is 10.3. The second-order valence-electron chi connectivity index (χ2n) is 2.38. The number of rotatable bonds is 0. The van der Waals surface area contributed by atoms with Gasteiger partial charge < -0.3 is 9.94 Å². The fraction of sp³-hybridized carbons (Fsp3) is 0. The van der Waals surface area contributed by atoms with Crippen LogP contribution >= 0.6 is 0 Å². The van der Waals surface area contributed by atoms with Crippen molar-refractivity contribution in [2.24, 2.45) is 0 Å². The molecule has 2 rings (SSSR count). The summed E-state index contributed by atoms with van der Waals surface area (Å²) in [6.07, 6.45) is 1.02. The van der Waals surface area contributed by atoms with Crippen molar-refractivity contribution in [3.63, 3.8) is 0 Å². The largest absolute Gasteiger partial charge is 0.803 e. The average Bonchev–Trinajstić information content (AvgIpc) is 2.12. The molecule has 60 valence electrons. The van der Waals surface area contributed by atoms with Gasteiger partial charge >= 0.3 is 0 Å². The van der Waals surface area contributed by atoms with Gasteiger partial charge in [0.15, 0.2) is 0 Å².